The minimum absolute atomic E-state index is 0.116. The largest absolute Gasteiger partial charge is 0.338 e. The normalized spacial score (nSPS) is 18.2. The summed E-state index contributed by atoms with van der Waals surface area (Å²) in [6.07, 6.45) is 10.6. The summed E-state index contributed by atoms with van der Waals surface area (Å²) >= 11 is 0. The third-order valence-electron chi connectivity index (χ3n) is 4.09. The highest BCUT2D eigenvalue weighted by Gasteiger charge is 2.15. The van der Waals surface area contributed by atoms with Crippen molar-refractivity contribution < 1.29 is 13.2 Å². The number of nitrogens with one attached hydrogen (secondary N) is 2. The van der Waals surface area contributed by atoms with Gasteiger partial charge in [-0.3, -0.25) is 0 Å². The number of hydrogen-bond donors (Lipinski definition) is 2. The van der Waals surface area contributed by atoms with Crippen molar-refractivity contribution in [2.75, 3.05) is 18.6 Å². The average molecular weight is 318 g/mol. The summed E-state index contributed by atoms with van der Waals surface area (Å²) in [4.78, 5) is 11.7. The van der Waals surface area contributed by atoms with Crippen LogP contribution in [0.2, 0.25) is 0 Å². The highest BCUT2D eigenvalue weighted by molar-refractivity contribution is 7.90. The zero-order chi connectivity index (χ0) is 15.7. The second-order valence-electron chi connectivity index (χ2n) is 6.37. The van der Waals surface area contributed by atoms with Crippen LogP contribution in [-0.4, -0.2) is 39.0 Å². The standard InChI is InChI=1S/C15H30N2O3S/c1-13(9-10-14-7-4-3-5-8-14)17-15(18)16-11-6-12-21(2,19)20/h13-14H,3-12H2,1-2H3,(H2,16,17,18)/t13-/m1/s1. The minimum Gasteiger partial charge on any atom is -0.338 e. The zero-order valence-electron chi connectivity index (χ0n) is 13.4. The molecule has 1 saturated carbocycles. The predicted octanol–water partition coefficient (Wildman–Crippen LogP) is 2.47. The molecule has 0 bridgehead atoms. The number of sulfone groups is 1. The van der Waals surface area contributed by atoms with Crippen LogP contribution in [0.3, 0.4) is 0 Å². The maximum absolute atomic E-state index is 11.7. The summed E-state index contributed by atoms with van der Waals surface area (Å²) in [5, 5.41) is 5.63. The van der Waals surface area contributed by atoms with Gasteiger partial charge in [0.2, 0.25) is 0 Å². The van der Waals surface area contributed by atoms with E-state index in [2.05, 4.69) is 10.6 Å². The second-order valence-corrected chi connectivity index (χ2v) is 8.63. The Bertz CT molecular complexity index is 403. The molecule has 1 fully saturated rings. The van der Waals surface area contributed by atoms with Gasteiger partial charge in [-0.1, -0.05) is 32.1 Å². The maximum atomic E-state index is 11.7. The van der Waals surface area contributed by atoms with E-state index < -0.39 is 9.84 Å². The van der Waals surface area contributed by atoms with Gasteiger partial charge in [-0.2, -0.15) is 0 Å². The molecule has 1 atom stereocenters. The van der Waals surface area contributed by atoms with Crippen LogP contribution < -0.4 is 10.6 Å². The Kier molecular flexibility index (Phi) is 8.07. The zero-order valence-corrected chi connectivity index (χ0v) is 14.2. The average Bonchev–Trinajstić information content (AvgIpc) is 2.41. The van der Waals surface area contributed by atoms with Crippen LogP contribution in [0.15, 0.2) is 0 Å². The summed E-state index contributed by atoms with van der Waals surface area (Å²) in [6, 6.07) is -0.0264. The van der Waals surface area contributed by atoms with Gasteiger partial charge in [0.1, 0.15) is 9.84 Å². The molecular weight excluding hydrogens is 288 g/mol. The highest BCUT2D eigenvalue weighted by Crippen LogP contribution is 2.27. The van der Waals surface area contributed by atoms with E-state index in [0.29, 0.717) is 13.0 Å². The second kappa shape index (κ2) is 9.28. The Balaban J connectivity index is 2.07. The van der Waals surface area contributed by atoms with Gasteiger partial charge in [-0.25, -0.2) is 13.2 Å². The molecule has 0 unspecified atom stereocenters. The Hall–Kier alpha value is -0.780. The number of hydrogen-bond acceptors (Lipinski definition) is 3. The van der Waals surface area contributed by atoms with E-state index in [4.69, 9.17) is 0 Å². The van der Waals surface area contributed by atoms with Crippen molar-refractivity contribution in [1.29, 1.82) is 0 Å². The molecular formula is C15H30N2O3S. The molecule has 0 aromatic rings. The Labute approximate surface area is 129 Å². The molecule has 124 valence electrons. The molecule has 0 radical (unpaired) electrons. The third kappa shape index (κ3) is 9.72. The summed E-state index contributed by atoms with van der Waals surface area (Å²) in [5.41, 5.74) is 0. The first-order valence-corrected chi connectivity index (χ1v) is 10.1. The summed E-state index contributed by atoms with van der Waals surface area (Å²) in [7, 11) is -2.94. The molecule has 2 N–H and O–H groups in total. The molecule has 5 nitrogen and oxygen atoms in total. The first kappa shape index (κ1) is 18.3. The first-order chi connectivity index (χ1) is 9.87. The Morgan fingerprint density at radius 2 is 1.90 bits per heavy atom. The van der Waals surface area contributed by atoms with Gasteiger partial charge in [0.25, 0.3) is 0 Å². The quantitative estimate of drug-likeness (QED) is 0.675. The van der Waals surface area contributed by atoms with E-state index in [1.807, 2.05) is 6.92 Å². The SMILES string of the molecule is C[C@H](CCC1CCCCC1)NC(=O)NCCCS(C)(=O)=O. The van der Waals surface area contributed by atoms with Gasteiger partial charge >= 0.3 is 6.03 Å². The lowest BCUT2D eigenvalue weighted by Crippen LogP contribution is -2.41. The van der Waals surface area contributed by atoms with Crippen LogP contribution in [0.1, 0.15) is 58.3 Å². The fraction of sp³-hybridized carbons (Fsp3) is 0.933. The third-order valence-corrected chi connectivity index (χ3v) is 5.12. The van der Waals surface area contributed by atoms with Crippen LogP contribution >= 0.6 is 0 Å². The molecule has 0 aliphatic heterocycles. The Morgan fingerprint density at radius 1 is 1.24 bits per heavy atom. The number of amides is 2. The van der Waals surface area contributed by atoms with Crippen LogP contribution in [0.4, 0.5) is 4.79 Å². The van der Waals surface area contributed by atoms with Crippen LogP contribution in [0, 0.1) is 5.92 Å². The molecule has 0 aromatic heterocycles. The van der Waals surface area contributed by atoms with Crippen LogP contribution in [-0.2, 0) is 9.84 Å². The van der Waals surface area contributed by atoms with Gasteiger partial charge in [0, 0.05) is 18.8 Å². The molecule has 1 rings (SSSR count). The molecule has 0 saturated heterocycles. The predicted molar refractivity (Wildman–Crippen MR) is 86.1 cm³/mol. The fourth-order valence-corrected chi connectivity index (χ4v) is 3.51. The van der Waals surface area contributed by atoms with Crippen molar-refractivity contribution in [1.82, 2.24) is 10.6 Å². The molecule has 1 aliphatic carbocycles. The summed E-state index contributed by atoms with van der Waals surface area (Å²) in [5.74, 6) is 0.950. The van der Waals surface area contributed by atoms with Crippen molar-refractivity contribution in [2.45, 2.75) is 64.3 Å². The van der Waals surface area contributed by atoms with Crippen LogP contribution in [0.25, 0.3) is 0 Å². The number of carbonyl (C=O) groups is 1. The van der Waals surface area contributed by atoms with Gasteiger partial charge in [-0.15, -0.1) is 0 Å². The van der Waals surface area contributed by atoms with Crippen molar-refractivity contribution >= 4 is 15.9 Å². The molecule has 6 heteroatoms. The lowest BCUT2D eigenvalue weighted by molar-refractivity contribution is 0.235. The van der Waals surface area contributed by atoms with Gasteiger partial charge in [0.15, 0.2) is 0 Å². The molecule has 0 aromatic carbocycles. The number of urea groups is 1. The molecule has 0 spiro atoms. The lowest BCUT2D eigenvalue weighted by atomic mass is 9.85. The van der Waals surface area contributed by atoms with E-state index in [-0.39, 0.29) is 17.8 Å². The Morgan fingerprint density at radius 3 is 2.52 bits per heavy atom. The van der Waals surface area contributed by atoms with Crippen molar-refractivity contribution in [3.05, 3.63) is 0 Å². The topological polar surface area (TPSA) is 75.3 Å². The van der Waals surface area contributed by atoms with Gasteiger partial charge in [0.05, 0.1) is 5.75 Å². The lowest BCUT2D eigenvalue weighted by Gasteiger charge is -2.23. The summed E-state index contributed by atoms with van der Waals surface area (Å²) < 4.78 is 21.9. The smallest absolute Gasteiger partial charge is 0.314 e. The molecule has 0 heterocycles. The number of carbonyl (C=O) groups excluding carboxylic acids is 1. The van der Waals surface area contributed by atoms with Crippen molar-refractivity contribution in [2.24, 2.45) is 5.92 Å². The monoisotopic (exact) mass is 318 g/mol. The highest BCUT2D eigenvalue weighted by atomic mass is 32.2. The fourth-order valence-electron chi connectivity index (χ4n) is 2.84. The van der Waals surface area contributed by atoms with Crippen LogP contribution in [0.5, 0.6) is 0 Å². The van der Waals surface area contributed by atoms with Gasteiger partial charge in [-0.05, 0) is 32.1 Å². The van der Waals surface area contributed by atoms with Crippen molar-refractivity contribution in [3.63, 3.8) is 0 Å². The summed E-state index contributed by atoms with van der Waals surface area (Å²) in [6.45, 7) is 2.42. The number of rotatable bonds is 8. The molecule has 2 amide bonds. The van der Waals surface area contributed by atoms with E-state index in [9.17, 15) is 13.2 Å². The van der Waals surface area contributed by atoms with E-state index in [1.54, 1.807) is 0 Å². The van der Waals surface area contributed by atoms with E-state index in [1.165, 1.54) is 44.8 Å². The molecule has 21 heavy (non-hydrogen) atoms. The molecule has 1 aliphatic rings. The maximum Gasteiger partial charge on any atom is 0.314 e. The van der Waals surface area contributed by atoms with Gasteiger partial charge < -0.3 is 10.6 Å². The van der Waals surface area contributed by atoms with E-state index >= 15 is 0 Å². The van der Waals surface area contributed by atoms with Crippen molar-refractivity contribution in [3.8, 4) is 0 Å². The first-order valence-electron chi connectivity index (χ1n) is 8.09. The minimum atomic E-state index is -2.94. The van der Waals surface area contributed by atoms with E-state index in [0.717, 1.165) is 12.3 Å².